The molecule has 198 valence electrons. The predicted octanol–water partition coefficient (Wildman–Crippen LogP) is 5.58. The van der Waals surface area contributed by atoms with Crippen LogP contribution in [-0.2, 0) is 0 Å². The van der Waals surface area contributed by atoms with Crippen molar-refractivity contribution in [1.82, 2.24) is 4.98 Å². The topological polar surface area (TPSA) is 100 Å². The zero-order valence-electron chi connectivity index (χ0n) is 21.6. The van der Waals surface area contributed by atoms with E-state index in [9.17, 15) is 9.59 Å². The number of nitrogens with zero attached hydrogens (tertiary/aromatic N) is 2. The summed E-state index contributed by atoms with van der Waals surface area (Å²) in [6, 6.07) is 15.1. The number of rotatable bonds is 7. The third-order valence-corrected chi connectivity index (χ3v) is 7.66. The fourth-order valence-corrected chi connectivity index (χ4v) is 5.96. The van der Waals surface area contributed by atoms with E-state index in [0.29, 0.717) is 56.8 Å². The van der Waals surface area contributed by atoms with Crippen molar-refractivity contribution in [3.63, 3.8) is 0 Å². The van der Waals surface area contributed by atoms with Gasteiger partial charge in [0.25, 0.3) is 5.91 Å². The number of thiazole rings is 1. The number of ether oxygens (including phenoxy) is 4. The van der Waals surface area contributed by atoms with Gasteiger partial charge in [0.1, 0.15) is 11.3 Å². The number of aromatic nitrogens is 1. The van der Waals surface area contributed by atoms with E-state index in [1.165, 1.54) is 37.6 Å². The summed E-state index contributed by atoms with van der Waals surface area (Å²) < 4.78 is 29.2. The van der Waals surface area contributed by atoms with Crippen molar-refractivity contribution in [2.24, 2.45) is 0 Å². The number of carbonyl (C=O) groups is 1. The first kappa shape index (κ1) is 24.7. The molecule has 0 spiro atoms. The van der Waals surface area contributed by atoms with E-state index in [2.05, 4.69) is 0 Å². The molecule has 5 aromatic rings. The van der Waals surface area contributed by atoms with Gasteiger partial charge < -0.3 is 23.4 Å². The van der Waals surface area contributed by atoms with Crippen molar-refractivity contribution in [3.8, 4) is 23.0 Å². The highest BCUT2D eigenvalue weighted by molar-refractivity contribution is 7.22. The molecule has 0 aliphatic carbocycles. The average molecular weight is 545 g/mol. The van der Waals surface area contributed by atoms with Gasteiger partial charge in [-0.15, -0.1) is 0 Å². The van der Waals surface area contributed by atoms with E-state index in [-0.39, 0.29) is 16.8 Å². The van der Waals surface area contributed by atoms with Crippen LogP contribution in [0.4, 0.5) is 5.13 Å². The molecule has 2 aromatic heterocycles. The number of fused-ring (bicyclic) bond motifs is 3. The van der Waals surface area contributed by atoms with Crippen molar-refractivity contribution >= 4 is 43.6 Å². The van der Waals surface area contributed by atoms with Crippen LogP contribution in [0.15, 0.2) is 63.8 Å². The largest absolute Gasteiger partial charge is 0.494 e. The minimum Gasteiger partial charge on any atom is -0.494 e. The van der Waals surface area contributed by atoms with E-state index >= 15 is 0 Å². The predicted molar refractivity (Wildman–Crippen MR) is 148 cm³/mol. The molecule has 10 heteroatoms. The number of amides is 1. The van der Waals surface area contributed by atoms with Crippen molar-refractivity contribution in [3.05, 3.63) is 81.7 Å². The maximum atomic E-state index is 14.0. The van der Waals surface area contributed by atoms with Crippen LogP contribution in [0.1, 0.15) is 34.6 Å². The average Bonchev–Trinajstić information content (AvgIpc) is 3.50. The van der Waals surface area contributed by atoms with Crippen LogP contribution >= 0.6 is 11.3 Å². The number of anilines is 1. The van der Waals surface area contributed by atoms with Crippen LogP contribution in [0.2, 0.25) is 0 Å². The van der Waals surface area contributed by atoms with Gasteiger partial charge in [0.05, 0.1) is 55.1 Å². The smallest absolute Gasteiger partial charge is 0.297 e. The van der Waals surface area contributed by atoms with Crippen LogP contribution in [0, 0.1) is 0 Å². The molecule has 1 unspecified atom stereocenters. The van der Waals surface area contributed by atoms with Gasteiger partial charge in [0.15, 0.2) is 22.1 Å². The number of methoxy groups -OCH3 is 3. The SMILES string of the molecule is CCOc1ccc2nc(N3C(=O)c4oc5ccccc5c(=O)c4C3c3cc(OC)c(OC)c(OC)c3)sc2c1. The Bertz CT molecular complexity index is 1780. The van der Waals surface area contributed by atoms with Gasteiger partial charge in [-0.3, -0.25) is 14.5 Å². The number of hydrogen-bond donors (Lipinski definition) is 0. The highest BCUT2D eigenvalue weighted by Gasteiger charge is 2.45. The van der Waals surface area contributed by atoms with Gasteiger partial charge >= 0.3 is 0 Å². The summed E-state index contributed by atoms with van der Waals surface area (Å²) in [6.45, 7) is 2.44. The maximum Gasteiger partial charge on any atom is 0.297 e. The number of hydrogen-bond acceptors (Lipinski definition) is 9. The molecular formula is C29H24N2O7S. The molecule has 3 aromatic carbocycles. The molecule has 9 nitrogen and oxygen atoms in total. The lowest BCUT2D eigenvalue weighted by atomic mass is 9.98. The Morgan fingerprint density at radius 2 is 1.72 bits per heavy atom. The first-order valence-electron chi connectivity index (χ1n) is 12.2. The van der Waals surface area contributed by atoms with Crippen LogP contribution < -0.4 is 29.3 Å². The quantitative estimate of drug-likeness (QED) is 0.262. The lowest BCUT2D eigenvalue weighted by molar-refractivity contribution is 0.0971. The number of carbonyl (C=O) groups excluding carboxylic acids is 1. The molecule has 1 amide bonds. The van der Waals surface area contributed by atoms with E-state index in [4.69, 9.17) is 28.3 Å². The zero-order chi connectivity index (χ0) is 27.3. The van der Waals surface area contributed by atoms with Gasteiger partial charge in [-0.1, -0.05) is 23.5 Å². The molecule has 6 rings (SSSR count). The second kappa shape index (κ2) is 9.63. The minimum atomic E-state index is -0.853. The molecule has 0 saturated carbocycles. The monoisotopic (exact) mass is 544 g/mol. The van der Waals surface area contributed by atoms with Crippen LogP contribution in [0.5, 0.6) is 23.0 Å². The second-order valence-electron chi connectivity index (χ2n) is 8.77. The zero-order valence-corrected chi connectivity index (χ0v) is 22.5. The third kappa shape index (κ3) is 3.87. The Morgan fingerprint density at radius 1 is 0.974 bits per heavy atom. The molecule has 0 bridgehead atoms. The lowest BCUT2D eigenvalue weighted by Crippen LogP contribution is -2.29. The normalized spacial score (nSPS) is 14.6. The Balaban J connectivity index is 1.62. The van der Waals surface area contributed by atoms with Crippen LogP contribution in [-0.4, -0.2) is 38.8 Å². The third-order valence-electron chi connectivity index (χ3n) is 6.65. The fraction of sp³-hybridized carbons (Fsp3) is 0.207. The first-order chi connectivity index (χ1) is 19.0. The Hall–Kier alpha value is -4.57. The van der Waals surface area contributed by atoms with Gasteiger partial charge in [-0.2, -0.15) is 0 Å². The fourth-order valence-electron chi connectivity index (χ4n) is 4.94. The molecule has 1 aliphatic rings. The van der Waals surface area contributed by atoms with E-state index < -0.39 is 11.9 Å². The summed E-state index contributed by atoms with van der Waals surface area (Å²) in [5.74, 6) is 1.41. The summed E-state index contributed by atoms with van der Waals surface area (Å²) >= 11 is 1.33. The maximum absolute atomic E-state index is 14.0. The second-order valence-corrected chi connectivity index (χ2v) is 9.77. The van der Waals surface area contributed by atoms with Gasteiger partial charge in [-0.05, 0) is 55.0 Å². The molecule has 0 saturated heterocycles. The van der Waals surface area contributed by atoms with Gasteiger partial charge in [-0.25, -0.2) is 4.98 Å². The highest BCUT2D eigenvalue weighted by atomic mass is 32.1. The van der Waals surface area contributed by atoms with E-state index in [0.717, 1.165) is 4.70 Å². The standard InChI is InChI=1S/C29H24N2O7S/c1-5-37-16-10-11-18-22(14-16)39-29(30-18)31-24(15-12-20(34-2)26(36-4)21(13-15)35-3)23-25(32)17-8-6-7-9-19(17)38-27(23)28(31)33/h6-14,24H,5H2,1-4H3. The molecule has 1 aliphatic heterocycles. The first-order valence-corrected chi connectivity index (χ1v) is 13.0. The van der Waals surface area contributed by atoms with E-state index in [1.807, 2.05) is 25.1 Å². The summed E-state index contributed by atoms with van der Waals surface area (Å²) in [5.41, 5.74) is 1.55. The summed E-state index contributed by atoms with van der Waals surface area (Å²) in [7, 11) is 4.54. The summed E-state index contributed by atoms with van der Waals surface area (Å²) in [4.78, 5) is 34.2. The highest BCUT2D eigenvalue weighted by Crippen LogP contribution is 2.47. The van der Waals surface area contributed by atoms with Crippen molar-refractivity contribution < 1.29 is 28.2 Å². The van der Waals surface area contributed by atoms with Crippen molar-refractivity contribution in [1.29, 1.82) is 0 Å². The van der Waals surface area contributed by atoms with Crippen LogP contribution in [0.25, 0.3) is 21.2 Å². The van der Waals surface area contributed by atoms with Crippen molar-refractivity contribution in [2.45, 2.75) is 13.0 Å². The molecule has 39 heavy (non-hydrogen) atoms. The number of para-hydroxylation sites is 1. The molecule has 0 fully saturated rings. The van der Waals surface area contributed by atoms with Gasteiger partial charge in [0, 0.05) is 0 Å². The summed E-state index contributed by atoms with van der Waals surface area (Å²) in [5, 5.41) is 0.797. The molecular weight excluding hydrogens is 520 g/mol. The Labute approximate surface area is 227 Å². The molecule has 0 radical (unpaired) electrons. The molecule has 3 heterocycles. The molecule has 1 atom stereocenters. The molecule has 0 N–H and O–H groups in total. The van der Waals surface area contributed by atoms with Crippen molar-refractivity contribution in [2.75, 3.05) is 32.8 Å². The van der Waals surface area contributed by atoms with Crippen LogP contribution in [0.3, 0.4) is 0 Å². The Kier molecular flexibility index (Phi) is 6.11. The van der Waals surface area contributed by atoms with E-state index in [1.54, 1.807) is 36.4 Å². The minimum absolute atomic E-state index is 0.0216. The lowest BCUT2D eigenvalue weighted by Gasteiger charge is -2.24. The summed E-state index contributed by atoms with van der Waals surface area (Å²) in [6.07, 6.45) is 0. The Morgan fingerprint density at radius 3 is 2.41 bits per heavy atom. The number of benzene rings is 3. The van der Waals surface area contributed by atoms with Gasteiger partial charge in [0.2, 0.25) is 11.5 Å².